The zero-order chi connectivity index (χ0) is 27.3. The Labute approximate surface area is 221 Å². The lowest BCUT2D eigenvalue weighted by Gasteiger charge is -2.08. The smallest absolute Gasteiger partial charge is 0.339 e. The van der Waals surface area contributed by atoms with Gasteiger partial charge in [0.15, 0.2) is 0 Å². The van der Waals surface area contributed by atoms with Crippen molar-refractivity contribution < 1.29 is 22.2 Å². The minimum Gasteiger partial charge on any atom is -0.379 e. The minimum atomic E-state index is -3.94. The van der Waals surface area contributed by atoms with Gasteiger partial charge < -0.3 is 8.75 Å². The fraction of sp³-hybridized carbons (Fsp3) is 0.138. The van der Waals surface area contributed by atoms with Crippen LogP contribution in [0.5, 0.6) is 5.75 Å². The van der Waals surface area contributed by atoms with E-state index in [1.54, 1.807) is 60.1 Å². The summed E-state index contributed by atoms with van der Waals surface area (Å²) in [5, 5.41) is 3.97. The van der Waals surface area contributed by atoms with Gasteiger partial charge in [-0.05, 0) is 67.9 Å². The summed E-state index contributed by atoms with van der Waals surface area (Å²) in [4.78, 5) is 25.3. The molecule has 1 aromatic heterocycles. The van der Waals surface area contributed by atoms with Gasteiger partial charge in [0.1, 0.15) is 10.6 Å². The summed E-state index contributed by atoms with van der Waals surface area (Å²) in [6.07, 6.45) is 1.48. The Kier molecular flexibility index (Phi) is 7.87. The average molecular weight is 530 g/mol. The van der Waals surface area contributed by atoms with Crippen molar-refractivity contribution in [2.45, 2.75) is 25.2 Å². The molecule has 0 aliphatic rings. The summed E-state index contributed by atoms with van der Waals surface area (Å²) in [5.41, 5.74) is 6.87. The van der Waals surface area contributed by atoms with Crippen LogP contribution in [0.2, 0.25) is 0 Å². The van der Waals surface area contributed by atoms with Crippen LogP contribution in [0.1, 0.15) is 38.4 Å². The third kappa shape index (κ3) is 6.43. The Hall–Kier alpha value is -4.50. The zero-order valence-corrected chi connectivity index (χ0v) is 22.0. The predicted molar refractivity (Wildman–Crippen MR) is 145 cm³/mol. The highest BCUT2D eigenvalue weighted by atomic mass is 32.2. The second-order valence-corrected chi connectivity index (χ2v) is 10.4. The van der Waals surface area contributed by atoms with Crippen LogP contribution in [-0.4, -0.2) is 30.9 Å². The number of carbonyl (C=O) groups excluding carboxylic acids is 2. The molecule has 8 nitrogen and oxygen atoms in total. The van der Waals surface area contributed by atoms with Crippen molar-refractivity contribution in [3.05, 3.63) is 119 Å². The maximum Gasteiger partial charge on any atom is 0.339 e. The van der Waals surface area contributed by atoms with Crippen LogP contribution in [0.4, 0.5) is 0 Å². The molecule has 38 heavy (non-hydrogen) atoms. The molecule has 0 bridgehead atoms. The van der Waals surface area contributed by atoms with E-state index in [1.807, 2.05) is 26.0 Å². The number of hydrogen-bond acceptors (Lipinski definition) is 6. The first-order chi connectivity index (χ1) is 18.1. The maximum atomic E-state index is 12.8. The topological polar surface area (TPSA) is 107 Å². The molecule has 0 aliphatic carbocycles. The molecular weight excluding hydrogens is 502 g/mol. The number of nitrogens with one attached hydrogen (secondary N) is 1. The number of hydrogen-bond donors (Lipinski definition) is 1. The van der Waals surface area contributed by atoms with E-state index in [9.17, 15) is 18.0 Å². The molecule has 0 saturated heterocycles. The van der Waals surface area contributed by atoms with Gasteiger partial charge >= 0.3 is 10.1 Å². The number of nitrogens with zero attached hydrogens (tertiary/aromatic N) is 2. The fourth-order valence-corrected chi connectivity index (χ4v) is 4.61. The molecule has 1 N–H and O–H groups in total. The first-order valence-electron chi connectivity index (χ1n) is 11.8. The number of aryl methyl sites for hydroxylation is 2. The summed E-state index contributed by atoms with van der Waals surface area (Å²) >= 11 is 0. The van der Waals surface area contributed by atoms with Gasteiger partial charge in [-0.1, -0.05) is 47.5 Å². The van der Waals surface area contributed by atoms with Crippen LogP contribution in [0.3, 0.4) is 0 Å². The van der Waals surface area contributed by atoms with Crippen molar-refractivity contribution in [3.8, 4) is 5.75 Å². The Morgan fingerprint density at radius 1 is 0.868 bits per heavy atom. The van der Waals surface area contributed by atoms with Crippen LogP contribution < -0.4 is 9.61 Å². The number of benzene rings is 3. The third-order valence-electron chi connectivity index (χ3n) is 5.91. The monoisotopic (exact) mass is 529 g/mol. The Balaban J connectivity index is 1.32. The van der Waals surface area contributed by atoms with Gasteiger partial charge in [-0.25, -0.2) is 5.43 Å². The van der Waals surface area contributed by atoms with E-state index in [0.29, 0.717) is 22.5 Å². The van der Waals surface area contributed by atoms with Crippen LogP contribution >= 0.6 is 0 Å². The van der Waals surface area contributed by atoms with E-state index in [0.717, 1.165) is 11.1 Å². The molecule has 4 aromatic rings. The summed E-state index contributed by atoms with van der Waals surface area (Å²) in [6, 6.07) is 23.4. The fourth-order valence-electron chi connectivity index (χ4n) is 3.68. The van der Waals surface area contributed by atoms with Crippen LogP contribution in [0.25, 0.3) is 0 Å². The largest absolute Gasteiger partial charge is 0.379 e. The molecular formula is C29H27N3O5S. The lowest BCUT2D eigenvalue weighted by molar-refractivity contribution is -0.120. The van der Waals surface area contributed by atoms with Gasteiger partial charge in [0.25, 0.3) is 0 Å². The molecule has 3 aromatic carbocycles. The maximum absolute atomic E-state index is 12.8. The number of rotatable bonds is 9. The van der Waals surface area contributed by atoms with Crippen LogP contribution in [0, 0.1) is 13.8 Å². The van der Waals surface area contributed by atoms with Crippen molar-refractivity contribution >= 4 is 28.0 Å². The van der Waals surface area contributed by atoms with Gasteiger partial charge in [0.05, 0.1) is 18.3 Å². The quantitative estimate of drug-likeness (QED) is 0.150. The van der Waals surface area contributed by atoms with Crippen molar-refractivity contribution in [2.75, 3.05) is 0 Å². The molecule has 0 radical (unpaired) electrons. The number of carbonyl (C=O) groups is 2. The van der Waals surface area contributed by atoms with Crippen LogP contribution in [0.15, 0.2) is 94.9 Å². The number of aromatic nitrogens is 1. The lowest BCUT2D eigenvalue weighted by Crippen LogP contribution is -2.21. The van der Waals surface area contributed by atoms with Crippen molar-refractivity contribution in [1.29, 1.82) is 0 Å². The Morgan fingerprint density at radius 3 is 2.11 bits per heavy atom. The SMILES string of the molecule is Cc1ccc(C(=O)c2ccc(CC(=O)NN=Cc3ccc(OS(=O)(=O)c4ccc(C)cc4)cc3)n2C)cc1. The second-order valence-electron chi connectivity index (χ2n) is 8.85. The molecule has 1 amide bonds. The highest BCUT2D eigenvalue weighted by Crippen LogP contribution is 2.19. The normalized spacial score (nSPS) is 11.4. The number of ketones is 1. The van der Waals surface area contributed by atoms with Gasteiger partial charge in [-0.3, -0.25) is 9.59 Å². The van der Waals surface area contributed by atoms with E-state index in [-0.39, 0.29) is 28.8 Å². The molecule has 0 atom stereocenters. The Bertz CT molecular complexity index is 1590. The Morgan fingerprint density at radius 2 is 1.47 bits per heavy atom. The average Bonchev–Trinajstić information content (AvgIpc) is 3.24. The molecule has 0 unspecified atom stereocenters. The summed E-state index contributed by atoms with van der Waals surface area (Å²) in [7, 11) is -2.19. The summed E-state index contributed by atoms with van der Waals surface area (Å²) in [6.45, 7) is 3.83. The minimum absolute atomic E-state index is 0.0403. The van der Waals surface area contributed by atoms with Crippen molar-refractivity contribution in [1.82, 2.24) is 9.99 Å². The molecule has 0 spiro atoms. The summed E-state index contributed by atoms with van der Waals surface area (Å²) < 4.78 is 31.7. The van der Waals surface area contributed by atoms with Gasteiger partial charge in [-0.2, -0.15) is 13.5 Å². The summed E-state index contributed by atoms with van der Waals surface area (Å²) in [5.74, 6) is -0.302. The van der Waals surface area contributed by atoms with Gasteiger partial charge in [-0.15, -0.1) is 0 Å². The second kappa shape index (κ2) is 11.3. The van der Waals surface area contributed by atoms with E-state index in [4.69, 9.17) is 4.18 Å². The van der Waals surface area contributed by atoms with E-state index < -0.39 is 10.1 Å². The molecule has 194 valence electrons. The van der Waals surface area contributed by atoms with Crippen LogP contribution in [-0.2, 0) is 28.4 Å². The van der Waals surface area contributed by atoms with E-state index in [1.165, 1.54) is 30.5 Å². The standard InChI is InChI=1S/C29H27N3O5S/c1-20-4-10-23(11-5-20)29(34)27-17-12-24(32(27)3)18-28(33)31-30-19-22-8-13-25(14-9-22)37-38(35,36)26-15-6-21(2)7-16-26/h4-17,19H,18H2,1-3H3,(H,31,33). The number of hydrazone groups is 1. The predicted octanol–water partition coefficient (Wildman–Crippen LogP) is 4.33. The molecule has 4 rings (SSSR count). The molecule has 0 fully saturated rings. The van der Waals surface area contributed by atoms with Gasteiger partial charge in [0.2, 0.25) is 11.7 Å². The van der Waals surface area contributed by atoms with E-state index in [2.05, 4.69) is 10.5 Å². The highest BCUT2D eigenvalue weighted by molar-refractivity contribution is 7.87. The molecule has 9 heteroatoms. The first-order valence-corrected chi connectivity index (χ1v) is 13.2. The highest BCUT2D eigenvalue weighted by Gasteiger charge is 2.17. The molecule has 1 heterocycles. The van der Waals surface area contributed by atoms with Crippen molar-refractivity contribution in [2.24, 2.45) is 12.1 Å². The third-order valence-corrected chi connectivity index (χ3v) is 7.17. The van der Waals surface area contributed by atoms with E-state index >= 15 is 0 Å². The molecule has 0 saturated carbocycles. The zero-order valence-electron chi connectivity index (χ0n) is 21.2. The molecule has 0 aliphatic heterocycles. The first kappa shape index (κ1) is 26.6. The number of amides is 1. The lowest BCUT2D eigenvalue weighted by atomic mass is 10.1. The van der Waals surface area contributed by atoms with Crippen molar-refractivity contribution in [3.63, 3.8) is 0 Å². The van der Waals surface area contributed by atoms with Gasteiger partial charge in [0, 0.05) is 18.3 Å².